The van der Waals surface area contributed by atoms with E-state index in [0.717, 1.165) is 4.68 Å². The minimum atomic E-state index is -0.535. The van der Waals surface area contributed by atoms with E-state index in [2.05, 4.69) is 15.0 Å². The molecule has 0 spiro atoms. The lowest BCUT2D eigenvalue weighted by molar-refractivity contribution is 0.168. The van der Waals surface area contributed by atoms with Crippen molar-refractivity contribution in [1.29, 1.82) is 0 Å². The smallest absolute Gasteiger partial charge is 0.435 e. The second-order valence-corrected chi connectivity index (χ2v) is 1.32. The van der Waals surface area contributed by atoms with E-state index in [1.807, 2.05) is 0 Å². The Balaban J connectivity index is 2.77. The van der Waals surface area contributed by atoms with Gasteiger partial charge in [-0.3, -0.25) is 0 Å². The molecule has 0 aliphatic rings. The van der Waals surface area contributed by atoms with E-state index in [-0.39, 0.29) is 0 Å². The maximum atomic E-state index is 10.5. The quantitative estimate of drug-likeness (QED) is 0.488. The van der Waals surface area contributed by atoms with Crippen molar-refractivity contribution in [3.05, 3.63) is 12.4 Å². The van der Waals surface area contributed by atoms with Gasteiger partial charge in [-0.25, -0.2) is 4.79 Å². The average Bonchev–Trinajstić information content (AvgIpc) is 2.37. The normalized spacial score (nSPS) is 9.00. The molecule has 0 fully saturated rings. The fourth-order valence-electron chi connectivity index (χ4n) is 0.399. The molecule has 0 N–H and O–H groups in total. The molecule has 48 valence electrons. The molecule has 9 heavy (non-hydrogen) atoms. The van der Waals surface area contributed by atoms with Crippen molar-refractivity contribution < 1.29 is 9.53 Å². The fraction of sp³-hybridized carbons (Fsp3) is 0.250. The Morgan fingerprint density at radius 1 is 1.78 bits per heavy atom. The summed E-state index contributed by atoms with van der Waals surface area (Å²) in [5.74, 6) is 0. The number of carbonyl (C=O) groups is 1. The van der Waals surface area contributed by atoms with Crippen molar-refractivity contribution in [3.63, 3.8) is 0 Å². The third-order valence-corrected chi connectivity index (χ3v) is 0.784. The largest absolute Gasteiger partial charge is 0.451 e. The lowest BCUT2D eigenvalue weighted by Gasteiger charge is -1.92. The van der Waals surface area contributed by atoms with Crippen LogP contribution in [0.15, 0.2) is 12.4 Å². The van der Waals surface area contributed by atoms with Gasteiger partial charge in [0.15, 0.2) is 0 Å². The van der Waals surface area contributed by atoms with Crippen LogP contribution in [0.5, 0.6) is 0 Å². The van der Waals surface area contributed by atoms with Gasteiger partial charge in [0, 0.05) is 0 Å². The minimum Gasteiger partial charge on any atom is -0.451 e. The van der Waals surface area contributed by atoms with Gasteiger partial charge in [-0.05, 0) is 0 Å². The van der Waals surface area contributed by atoms with Crippen LogP contribution in [0.3, 0.4) is 0 Å². The van der Waals surface area contributed by atoms with Gasteiger partial charge in [0.05, 0.1) is 19.5 Å². The monoisotopic (exact) mass is 127 g/mol. The van der Waals surface area contributed by atoms with Gasteiger partial charge >= 0.3 is 6.09 Å². The molecular formula is C4H5N3O2. The number of ether oxygens (including phenoxy) is 1. The predicted molar refractivity (Wildman–Crippen MR) is 27.8 cm³/mol. The molecule has 0 unspecified atom stereocenters. The van der Waals surface area contributed by atoms with Crippen molar-refractivity contribution in [1.82, 2.24) is 15.0 Å². The van der Waals surface area contributed by atoms with Crippen LogP contribution in [0, 0.1) is 0 Å². The van der Waals surface area contributed by atoms with Gasteiger partial charge < -0.3 is 4.74 Å². The topological polar surface area (TPSA) is 57.0 Å². The Hall–Kier alpha value is -1.39. The number of nitrogens with zero attached hydrogens (tertiary/aromatic N) is 3. The van der Waals surface area contributed by atoms with Crippen molar-refractivity contribution in [2.24, 2.45) is 0 Å². The average molecular weight is 127 g/mol. The van der Waals surface area contributed by atoms with Gasteiger partial charge in [0.1, 0.15) is 0 Å². The van der Waals surface area contributed by atoms with Gasteiger partial charge in [-0.1, -0.05) is 5.21 Å². The maximum absolute atomic E-state index is 10.5. The van der Waals surface area contributed by atoms with Gasteiger partial charge in [0.25, 0.3) is 0 Å². The molecule has 1 heterocycles. The standard InChI is InChI=1S/C4H5N3O2/c1-9-4(8)7-3-2-5-6-7/h2-3H,1H3. The highest BCUT2D eigenvalue weighted by atomic mass is 16.5. The summed E-state index contributed by atoms with van der Waals surface area (Å²) in [7, 11) is 1.28. The summed E-state index contributed by atoms with van der Waals surface area (Å²) in [6.45, 7) is 0. The van der Waals surface area contributed by atoms with Crippen LogP contribution in [0.25, 0.3) is 0 Å². The van der Waals surface area contributed by atoms with E-state index >= 15 is 0 Å². The fourth-order valence-corrected chi connectivity index (χ4v) is 0.399. The van der Waals surface area contributed by atoms with Crippen LogP contribution < -0.4 is 0 Å². The first-order chi connectivity index (χ1) is 4.34. The number of rotatable bonds is 0. The van der Waals surface area contributed by atoms with Crippen molar-refractivity contribution in [2.45, 2.75) is 0 Å². The molecule has 0 bridgehead atoms. The van der Waals surface area contributed by atoms with Gasteiger partial charge in [0.2, 0.25) is 0 Å². The zero-order valence-electron chi connectivity index (χ0n) is 4.81. The van der Waals surface area contributed by atoms with Crippen LogP contribution in [0.4, 0.5) is 4.79 Å². The second kappa shape index (κ2) is 2.25. The number of hydrogen-bond donors (Lipinski definition) is 0. The summed E-state index contributed by atoms with van der Waals surface area (Å²) in [6, 6.07) is 0. The zero-order valence-corrected chi connectivity index (χ0v) is 4.81. The molecule has 1 rings (SSSR count). The molecule has 5 nitrogen and oxygen atoms in total. The Labute approximate surface area is 51.2 Å². The third-order valence-electron chi connectivity index (χ3n) is 0.784. The summed E-state index contributed by atoms with van der Waals surface area (Å²) in [5, 5.41) is 6.78. The number of aromatic nitrogens is 3. The molecule has 5 heteroatoms. The van der Waals surface area contributed by atoms with E-state index in [1.165, 1.54) is 19.5 Å². The van der Waals surface area contributed by atoms with E-state index in [0.29, 0.717) is 0 Å². The van der Waals surface area contributed by atoms with Crippen LogP contribution in [-0.4, -0.2) is 28.2 Å². The molecule has 1 aromatic heterocycles. The van der Waals surface area contributed by atoms with Crippen molar-refractivity contribution >= 4 is 6.09 Å². The van der Waals surface area contributed by atoms with Gasteiger partial charge in [-0.15, -0.1) is 5.10 Å². The molecule has 0 aliphatic carbocycles. The second-order valence-electron chi connectivity index (χ2n) is 1.32. The van der Waals surface area contributed by atoms with Crippen LogP contribution >= 0.6 is 0 Å². The summed E-state index contributed by atoms with van der Waals surface area (Å²) in [4.78, 5) is 10.5. The van der Waals surface area contributed by atoms with E-state index in [4.69, 9.17) is 0 Å². The van der Waals surface area contributed by atoms with Crippen molar-refractivity contribution in [3.8, 4) is 0 Å². The van der Waals surface area contributed by atoms with Crippen molar-refractivity contribution in [2.75, 3.05) is 7.11 Å². The van der Waals surface area contributed by atoms with Gasteiger partial charge in [-0.2, -0.15) is 4.68 Å². The molecule has 0 atom stereocenters. The number of carbonyl (C=O) groups excluding carboxylic acids is 1. The molecule has 1 aromatic rings. The Kier molecular flexibility index (Phi) is 1.44. The van der Waals surface area contributed by atoms with E-state index in [9.17, 15) is 4.79 Å². The Morgan fingerprint density at radius 2 is 2.56 bits per heavy atom. The molecular weight excluding hydrogens is 122 g/mol. The summed E-state index contributed by atoms with van der Waals surface area (Å²) < 4.78 is 5.32. The first-order valence-electron chi connectivity index (χ1n) is 2.29. The molecule has 0 radical (unpaired) electrons. The molecule has 0 aromatic carbocycles. The highest BCUT2D eigenvalue weighted by Crippen LogP contribution is 1.81. The lowest BCUT2D eigenvalue weighted by atomic mass is 10.9. The van der Waals surface area contributed by atoms with E-state index in [1.54, 1.807) is 0 Å². The molecule has 0 amide bonds. The summed E-state index contributed by atoms with van der Waals surface area (Å²) >= 11 is 0. The van der Waals surface area contributed by atoms with Crippen LogP contribution in [0.1, 0.15) is 0 Å². The molecule has 0 saturated heterocycles. The highest BCUT2D eigenvalue weighted by Gasteiger charge is 2.00. The zero-order chi connectivity index (χ0) is 6.69. The highest BCUT2D eigenvalue weighted by molar-refractivity contribution is 5.68. The van der Waals surface area contributed by atoms with Crippen LogP contribution in [0.2, 0.25) is 0 Å². The molecule has 0 saturated carbocycles. The Morgan fingerprint density at radius 3 is 3.00 bits per heavy atom. The number of hydrogen-bond acceptors (Lipinski definition) is 4. The lowest BCUT2D eigenvalue weighted by Crippen LogP contribution is -2.11. The number of methoxy groups -OCH3 is 1. The first-order valence-corrected chi connectivity index (χ1v) is 2.29. The minimum absolute atomic E-state index is 0.535. The maximum Gasteiger partial charge on any atom is 0.435 e. The third kappa shape index (κ3) is 1.04. The first kappa shape index (κ1) is 5.74. The summed E-state index contributed by atoms with van der Waals surface area (Å²) in [5.41, 5.74) is 0. The SMILES string of the molecule is COC(=O)n1ccnn1. The van der Waals surface area contributed by atoms with Crippen LogP contribution in [-0.2, 0) is 4.74 Å². The molecule has 0 aliphatic heterocycles. The summed E-state index contributed by atoms with van der Waals surface area (Å²) in [6.07, 6.45) is 2.27. The predicted octanol–water partition coefficient (Wildman–Crippen LogP) is -0.107. The Bertz CT molecular complexity index is 194. The van der Waals surface area contributed by atoms with E-state index < -0.39 is 6.09 Å².